The molecule has 0 spiro atoms. The van der Waals surface area contributed by atoms with Gasteiger partial charge in [0.05, 0.1) is 5.69 Å². The summed E-state index contributed by atoms with van der Waals surface area (Å²) in [6.45, 7) is 2.05. The van der Waals surface area contributed by atoms with E-state index in [1.54, 1.807) is 10.5 Å². The molecule has 0 aliphatic heterocycles. The minimum atomic E-state index is -0.0458. The number of hydrogen-bond acceptors (Lipinski definition) is 4. The average Bonchev–Trinajstić information content (AvgIpc) is 2.84. The molecule has 0 radical (unpaired) electrons. The smallest absolute Gasteiger partial charge is 0.261 e. The summed E-state index contributed by atoms with van der Waals surface area (Å²) in [5.41, 5.74) is 3.08. The lowest BCUT2D eigenvalue weighted by molar-refractivity contribution is 1.02. The molecule has 1 aromatic carbocycles. The highest BCUT2D eigenvalue weighted by Crippen LogP contribution is 2.25. The van der Waals surface area contributed by atoms with Crippen LogP contribution in [0.15, 0.2) is 40.5 Å². The summed E-state index contributed by atoms with van der Waals surface area (Å²) in [6, 6.07) is 9.72. The van der Waals surface area contributed by atoms with Gasteiger partial charge in [-0.2, -0.15) is 0 Å². The van der Waals surface area contributed by atoms with Crippen molar-refractivity contribution in [2.75, 3.05) is 19.0 Å². The van der Waals surface area contributed by atoms with E-state index in [0.717, 1.165) is 16.2 Å². The van der Waals surface area contributed by atoms with Gasteiger partial charge in [-0.15, -0.1) is 11.3 Å². The molecule has 0 amide bonds. The van der Waals surface area contributed by atoms with Crippen LogP contribution in [0.1, 0.15) is 5.56 Å². The summed E-state index contributed by atoms with van der Waals surface area (Å²) >= 11 is 1.48. The second-order valence-corrected chi connectivity index (χ2v) is 5.79. The van der Waals surface area contributed by atoms with Crippen molar-refractivity contribution in [1.82, 2.24) is 9.38 Å². The van der Waals surface area contributed by atoms with E-state index in [2.05, 4.69) is 4.98 Å². The number of rotatable bonds is 2. The van der Waals surface area contributed by atoms with Crippen LogP contribution in [0.25, 0.3) is 16.2 Å². The summed E-state index contributed by atoms with van der Waals surface area (Å²) < 4.78 is 1.67. The third kappa shape index (κ3) is 2.10. The number of anilines is 1. The fourth-order valence-corrected chi connectivity index (χ4v) is 2.96. The molecule has 0 saturated heterocycles. The van der Waals surface area contributed by atoms with Gasteiger partial charge in [0.25, 0.3) is 5.56 Å². The van der Waals surface area contributed by atoms with Crippen LogP contribution >= 0.6 is 11.3 Å². The lowest BCUT2D eigenvalue weighted by Crippen LogP contribution is -2.19. The van der Waals surface area contributed by atoms with Crippen LogP contribution in [0.5, 0.6) is 0 Å². The summed E-state index contributed by atoms with van der Waals surface area (Å²) in [6.07, 6.45) is 0. The maximum Gasteiger partial charge on any atom is 0.261 e. The van der Waals surface area contributed by atoms with Gasteiger partial charge in [0, 0.05) is 25.5 Å². The fraction of sp³-hybridized carbons (Fsp3) is 0.200. The highest BCUT2D eigenvalue weighted by Gasteiger charge is 2.11. The molecule has 5 heteroatoms. The normalized spacial score (nSPS) is 10.9. The van der Waals surface area contributed by atoms with E-state index in [1.807, 2.05) is 55.6 Å². The van der Waals surface area contributed by atoms with Crippen LogP contribution in [-0.2, 0) is 0 Å². The second-order valence-electron chi connectivity index (χ2n) is 4.95. The molecule has 0 aliphatic rings. The molecule has 0 saturated carbocycles. The SMILES string of the molecule is Cc1ccc(-c2csc3nc(N(C)C)cc(=O)n23)cc1. The fourth-order valence-electron chi connectivity index (χ4n) is 2.06. The van der Waals surface area contributed by atoms with Crippen molar-refractivity contribution in [3.8, 4) is 11.3 Å². The first kappa shape index (κ1) is 12.9. The van der Waals surface area contributed by atoms with E-state index in [0.29, 0.717) is 5.82 Å². The standard InChI is InChI=1S/C15H15N3OS/c1-10-4-6-11(7-5-10)12-9-20-15-16-13(17(2)3)8-14(19)18(12)15/h4-9H,1-3H3. The number of nitrogens with zero attached hydrogens (tertiary/aromatic N) is 3. The maximum absolute atomic E-state index is 12.3. The van der Waals surface area contributed by atoms with Gasteiger partial charge in [0.2, 0.25) is 0 Å². The van der Waals surface area contributed by atoms with Gasteiger partial charge < -0.3 is 4.90 Å². The van der Waals surface area contributed by atoms with Gasteiger partial charge in [-0.3, -0.25) is 9.20 Å². The number of aromatic nitrogens is 2. The molecule has 3 rings (SSSR count). The predicted molar refractivity (Wildman–Crippen MR) is 83.8 cm³/mol. The summed E-state index contributed by atoms with van der Waals surface area (Å²) in [7, 11) is 3.76. The first-order chi connectivity index (χ1) is 9.56. The van der Waals surface area contributed by atoms with Crippen LogP contribution in [0.4, 0.5) is 5.82 Å². The van der Waals surface area contributed by atoms with E-state index < -0.39 is 0 Å². The zero-order valence-electron chi connectivity index (χ0n) is 11.6. The Hall–Kier alpha value is -2.14. The molecule has 0 N–H and O–H groups in total. The van der Waals surface area contributed by atoms with Crippen molar-refractivity contribution in [1.29, 1.82) is 0 Å². The molecule has 20 heavy (non-hydrogen) atoms. The molecule has 2 heterocycles. The molecule has 3 aromatic rings. The Morgan fingerprint density at radius 2 is 1.90 bits per heavy atom. The number of aryl methyl sites for hydroxylation is 1. The molecule has 2 aromatic heterocycles. The number of hydrogen-bond donors (Lipinski definition) is 0. The molecule has 0 unspecified atom stereocenters. The van der Waals surface area contributed by atoms with Gasteiger partial charge in [-0.1, -0.05) is 29.8 Å². The van der Waals surface area contributed by atoms with E-state index >= 15 is 0 Å². The van der Waals surface area contributed by atoms with Crippen LogP contribution in [0, 0.1) is 6.92 Å². The van der Waals surface area contributed by atoms with Gasteiger partial charge in [-0.25, -0.2) is 4.98 Å². The minimum Gasteiger partial charge on any atom is -0.362 e. The number of thiazole rings is 1. The topological polar surface area (TPSA) is 37.6 Å². The van der Waals surface area contributed by atoms with Gasteiger partial charge in [0.1, 0.15) is 5.82 Å². The third-order valence-electron chi connectivity index (χ3n) is 3.20. The van der Waals surface area contributed by atoms with E-state index in [1.165, 1.54) is 16.9 Å². The van der Waals surface area contributed by atoms with Crippen molar-refractivity contribution in [2.45, 2.75) is 6.92 Å². The quantitative estimate of drug-likeness (QED) is 0.726. The Bertz CT molecular complexity index is 815. The molecular formula is C15H15N3OS. The van der Waals surface area contributed by atoms with Gasteiger partial charge in [0.15, 0.2) is 4.96 Å². The summed E-state index contributed by atoms with van der Waals surface area (Å²) in [4.78, 5) is 19.4. The largest absolute Gasteiger partial charge is 0.362 e. The highest BCUT2D eigenvalue weighted by atomic mass is 32.1. The molecular weight excluding hydrogens is 270 g/mol. The second kappa shape index (κ2) is 4.76. The lowest BCUT2D eigenvalue weighted by Gasteiger charge is -2.10. The van der Waals surface area contributed by atoms with Crippen LogP contribution in [-0.4, -0.2) is 23.5 Å². The van der Waals surface area contributed by atoms with Crippen molar-refractivity contribution < 1.29 is 0 Å². The third-order valence-corrected chi connectivity index (χ3v) is 4.02. The van der Waals surface area contributed by atoms with E-state index in [4.69, 9.17) is 0 Å². The minimum absolute atomic E-state index is 0.0458. The maximum atomic E-state index is 12.3. The first-order valence-electron chi connectivity index (χ1n) is 6.32. The molecule has 0 aliphatic carbocycles. The lowest BCUT2D eigenvalue weighted by atomic mass is 10.1. The highest BCUT2D eigenvalue weighted by molar-refractivity contribution is 7.15. The molecule has 0 atom stereocenters. The Balaban J connectivity index is 2.24. The zero-order valence-corrected chi connectivity index (χ0v) is 12.4. The van der Waals surface area contributed by atoms with Crippen LogP contribution in [0.3, 0.4) is 0 Å². The van der Waals surface area contributed by atoms with Crippen molar-refractivity contribution >= 4 is 22.1 Å². The molecule has 4 nitrogen and oxygen atoms in total. The summed E-state index contributed by atoms with van der Waals surface area (Å²) in [5, 5.41) is 1.98. The Labute approximate surface area is 120 Å². The van der Waals surface area contributed by atoms with Crippen LogP contribution in [0.2, 0.25) is 0 Å². The van der Waals surface area contributed by atoms with Crippen LogP contribution < -0.4 is 10.5 Å². The Kier molecular flexibility index (Phi) is 3.06. The summed E-state index contributed by atoms with van der Waals surface area (Å²) in [5.74, 6) is 0.687. The monoisotopic (exact) mass is 285 g/mol. The van der Waals surface area contributed by atoms with Crippen molar-refractivity contribution in [2.24, 2.45) is 0 Å². The Morgan fingerprint density at radius 3 is 2.55 bits per heavy atom. The molecule has 0 fully saturated rings. The first-order valence-corrected chi connectivity index (χ1v) is 7.20. The number of benzene rings is 1. The number of fused-ring (bicyclic) bond motifs is 1. The van der Waals surface area contributed by atoms with E-state index in [-0.39, 0.29) is 5.56 Å². The van der Waals surface area contributed by atoms with Gasteiger partial charge >= 0.3 is 0 Å². The van der Waals surface area contributed by atoms with Crippen molar-refractivity contribution in [3.05, 3.63) is 51.6 Å². The van der Waals surface area contributed by atoms with Crippen molar-refractivity contribution in [3.63, 3.8) is 0 Å². The zero-order chi connectivity index (χ0) is 14.3. The van der Waals surface area contributed by atoms with Gasteiger partial charge in [-0.05, 0) is 12.5 Å². The Morgan fingerprint density at radius 1 is 1.20 bits per heavy atom. The predicted octanol–water partition coefficient (Wildman–Crippen LogP) is 2.80. The molecule has 0 bridgehead atoms. The average molecular weight is 285 g/mol. The molecule has 102 valence electrons. The van der Waals surface area contributed by atoms with E-state index in [9.17, 15) is 4.79 Å².